The van der Waals surface area contributed by atoms with Crippen molar-refractivity contribution in [2.75, 3.05) is 0 Å². The maximum absolute atomic E-state index is 12.7. The second kappa shape index (κ2) is 4.51. The Morgan fingerprint density at radius 3 is 2.26 bits per heavy atom. The molecule has 2 aromatic carbocycles. The lowest BCUT2D eigenvalue weighted by Gasteiger charge is -2.08. The monoisotopic (exact) mass is 335 g/mol. The molecular weight excluding hydrogens is 326 g/mol. The molecule has 0 unspecified atom stereocenters. The van der Waals surface area contributed by atoms with E-state index < -0.39 is 10.0 Å². The van der Waals surface area contributed by atoms with Gasteiger partial charge < -0.3 is 0 Å². The van der Waals surface area contributed by atoms with Crippen molar-refractivity contribution in [1.82, 2.24) is 3.97 Å². The molecule has 0 aliphatic heterocycles. The van der Waals surface area contributed by atoms with Crippen LogP contribution >= 0.6 is 15.9 Å². The summed E-state index contributed by atoms with van der Waals surface area (Å²) in [6.45, 7) is 0. The van der Waals surface area contributed by atoms with E-state index >= 15 is 0 Å². The van der Waals surface area contributed by atoms with Gasteiger partial charge in [0, 0.05) is 5.39 Å². The first kappa shape index (κ1) is 12.4. The Kier molecular flexibility index (Phi) is 2.95. The van der Waals surface area contributed by atoms with Gasteiger partial charge in [0.1, 0.15) is 4.60 Å². The summed E-state index contributed by atoms with van der Waals surface area (Å²) in [6, 6.07) is 17.6. The number of halogens is 1. The summed E-state index contributed by atoms with van der Waals surface area (Å²) >= 11 is 3.33. The van der Waals surface area contributed by atoms with E-state index in [-0.39, 0.29) is 4.90 Å². The highest BCUT2D eigenvalue weighted by Gasteiger charge is 2.21. The van der Waals surface area contributed by atoms with Gasteiger partial charge in [-0.1, -0.05) is 36.4 Å². The van der Waals surface area contributed by atoms with Gasteiger partial charge in [0.15, 0.2) is 0 Å². The molecule has 3 aromatic rings. The molecule has 0 N–H and O–H groups in total. The van der Waals surface area contributed by atoms with Gasteiger partial charge >= 0.3 is 0 Å². The van der Waals surface area contributed by atoms with Crippen LogP contribution < -0.4 is 0 Å². The summed E-state index contributed by atoms with van der Waals surface area (Å²) < 4.78 is 27.2. The molecule has 3 rings (SSSR count). The lowest BCUT2D eigenvalue weighted by Crippen LogP contribution is -2.12. The molecule has 0 atom stereocenters. The molecule has 0 bridgehead atoms. The number of fused-ring (bicyclic) bond motifs is 1. The zero-order chi connectivity index (χ0) is 13.5. The van der Waals surface area contributed by atoms with Gasteiger partial charge in [0.2, 0.25) is 0 Å². The molecule has 1 heterocycles. The highest BCUT2D eigenvalue weighted by atomic mass is 79.9. The molecule has 0 spiro atoms. The molecule has 0 amide bonds. The Bertz CT molecular complexity index is 838. The average Bonchev–Trinajstić information content (AvgIpc) is 2.76. The van der Waals surface area contributed by atoms with Crippen molar-refractivity contribution >= 4 is 36.9 Å². The van der Waals surface area contributed by atoms with Crippen molar-refractivity contribution in [1.29, 1.82) is 0 Å². The summed E-state index contributed by atoms with van der Waals surface area (Å²) in [6.07, 6.45) is 0. The van der Waals surface area contributed by atoms with Crippen LogP contribution in [0.3, 0.4) is 0 Å². The van der Waals surface area contributed by atoms with E-state index in [1.807, 2.05) is 18.2 Å². The van der Waals surface area contributed by atoms with Gasteiger partial charge in [-0.2, -0.15) is 0 Å². The van der Waals surface area contributed by atoms with Gasteiger partial charge in [-0.3, -0.25) is 0 Å². The number of para-hydroxylation sites is 1. The molecule has 0 saturated heterocycles. The molecule has 1 aromatic heterocycles. The third-order valence-electron chi connectivity index (χ3n) is 2.91. The topological polar surface area (TPSA) is 39.1 Å². The van der Waals surface area contributed by atoms with Gasteiger partial charge in [-0.15, -0.1) is 0 Å². The van der Waals surface area contributed by atoms with Crippen LogP contribution in [0.2, 0.25) is 0 Å². The zero-order valence-corrected chi connectivity index (χ0v) is 12.2. The van der Waals surface area contributed by atoms with E-state index in [1.165, 1.54) is 3.97 Å². The van der Waals surface area contributed by atoms with Crippen molar-refractivity contribution in [2.45, 2.75) is 4.90 Å². The van der Waals surface area contributed by atoms with Crippen LogP contribution in [0.25, 0.3) is 10.9 Å². The van der Waals surface area contributed by atoms with Crippen LogP contribution in [0, 0.1) is 0 Å². The van der Waals surface area contributed by atoms with Crippen molar-refractivity contribution < 1.29 is 8.42 Å². The molecule has 0 fully saturated rings. The van der Waals surface area contributed by atoms with E-state index in [2.05, 4.69) is 15.9 Å². The molecule has 96 valence electrons. The number of hydrogen-bond donors (Lipinski definition) is 0. The minimum Gasteiger partial charge on any atom is -0.227 e. The van der Waals surface area contributed by atoms with Crippen LogP contribution in [-0.4, -0.2) is 12.4 Å². The lowest BCUT2D eigenvalue weighted by molar-refractivity contribution is 0.588. The number of rotatable bonds is 2. The predicted octanol–water partition coefficient (Wildman–Crippen LogP) is 3.64. The molecule has 0 saturated carbocycles. The molecule has 5 heteroatoms. The smallest absolute Gasteiger partial charge is 0.227 e. The molecule has 0 radical (unpaired) electrons. The maximum atomic E-state index is 12.7. The fourth-order valence-corrected chi connectivity index (χ4v) is 4.47. The summed E-state index contributed by atoms with van der Waals surface area (Å²) in [7, 11) is -3.58. The fraction of sp³-hybridized carbons (Fsp3) is 0. The second-order valence-corrected chi connectivity index (χ2v) is 6.71. The number of hydrogen-bond acceptors (Lipinski definition) is 2. The minimum atomic E-state index is -3.58. The third kappa shape index (κ3) is 1.99. The Balaban J connectivity index is 2.34. The summed E-state index contributed by atoms with van der Waals surface area (Å²) in [5, 5.41) is 0.883. The second-order valence-electron chi connectivity index (χ2n) is 4.11. The normalized spacial score (nSPS) is 11.8. The Hall–Kier alpha value is -1.59. The molecular formula is C14H10BrNO2S. The van der Waals surface area contributed by atoms with Crippen LogP contribution in [-0.2, 0) is 10.0 Å². The molecule has 19 heavy (non-hydrogen) atoms. The highest BCUT2D eigenvalue weighted by molar-refractivity contribution is 9.10. The first-order chi connectivity index (χ1) is 9.10. The zero-order valence-electron chi connectivity index (χ0n) is 9.82. The van der Waals surface area contributed by atoms with Gasteiger partial charge in [-0.25, -0.2) is 12.4 Å². The van der Waals surface area contributed by atoms with Crippen molar-refractivity contribution in [3.63, 3.8) is 0 Å². The van der Waals surface area contributed by atoms with Crippen LogP contribution in [0.4, 0.5) is 0 Å². The van der Waals surface area contributed by atoms with Gasteiger partial charge in [0.25, 0.3) is 10.0 Å². The maximum Gasteiger partial charge on any atom is 0.269 e. The Morgan fingerprint density at radius 1 is 0.895 bits per heavy atom. The van der Waals surface area contributed by atoms with Crippen LogP contribution in [0.1, 0.15) is 0 Å². The largest absolute Gasteiger partial charge is 0.269 e. The standard InChI is InChI=1S/C14H10BrNO2S/c15-14-10-11-6-4-5-9-13(11)16(14)19(17,18)12-7-2-1-3-8-12/h1-10H. The molecule has 0 aliphatic rings. The Morgan fingerprint density at radius 2 is 1.53 bits per heavy atom. The summed E-state index contributed by atoms with van der Waals surface area (Å²) in [5.74, 6) is 0. The average molecular weight is 336 g/mol. The number of aromatic nitrogens is 1. The van der Waals surface area contributed by atoms with Crippen molar-refractivity contribution in [2.24, 2.45) is 0 Å². The Labute approximate surface area is 119 Å². The van der Waals surface area contributed by atoms with Crippen LogP contribution in [0.15, 0.2) is 70.2 Å². The van der Waals surface area contributed by atoms with Gasteiger partial charge in [-0.05, 0) is 40.2 Å². The lowest BCUT2D eigenvalue weighted by atomic mass is 10.3. The molecule has 0 aliphatic carbocycles. The van der Waals surface area contributed by atoms with Crippen LogP contribution in [0.5, 0.6) is 0 Å². The summed E-state index contributed by atoms with van der Waals surface area (Å²) in [4.78, 5) is 0.275. The van der Waals surface area contributed by atoms with Crippen molar-refractivity contribution in [3.05, 3.63) is 65.3 Å². The van der Waals surface area contributed by atoms with E-state index in [1.54, 1.807) is 42.5 Å². The van der Waals surface area contributed by atoms with Crippen molar-refractivity contribution in [3.8, 4) is 0 Å². The first-order valence-electron chi connectivity index (χ1n) is 5.67. The first-order valence-corrected chi connectivity index (χ1v) is 7.90. The SMILES string of the molecule is O=S(=O)(c1ccccc1)n1c(Br)cc2ccccc21. The highest BCUT2D eigenvalue weighted by Crippen LogP contribution is 2.28. The third-order valence-corrected chi connectivity index (χ3v) is 5.47. The fourth-order valence-electron chi connectivity index (χ4n) is 2.04. The number of benzene rings is 2. The van der Waals surface area contributed by atoms with Gasteiger partial charge in [0.05, 0.1) is 10.4 Å². The van der Waals surface area contributed by atoms with E-state index in [0.29, 0.717) is 10.1 Å². The van der Waals surface area contributed by atoms with E-state index in [9.17, 15) is 8.42 Å². The molecule has 3 nitrogen and oxygen atoms in total. The number of nitrogens with zero attached hydrogens (tertiary/aromatic N) is 1. The quantitative estimate of drug-likeness (QED) is 0.717. The van der Waals surface area contributed by atoms with E-state index in [0.717, 1.165) is 5.39 Å². The predicted molar refractivity (Wildman–Crippen MR) is 78.7 cm³/mol. The van der Waals surface area contributed by atoms with E-state index in [4.69, 9.17) is 0 Å². The summed E-state index contributed by atoms with van der Waals surface area (Å²) in [5.41, 5.74) is 0.665. The minimum absolute atomic E-state index is 0.275.